The third kappa shape index (κ3) is 1.31. The average molecular weight is 180 g/mol. The maximum absolute atomic E-state index is 3.91. The molecule has 3 fully saturated rings. The van der Waals surface area contributed by atoms with Crippen molar-refractivity contribution in [2.24, 2.45) is 0 Å². The van der Waals surface area contributed by atoms with Gasteiger partial charge >= 0.3 is 0 Å². The highest BCUT2D eigenvalue weighted by atomic mass is 15.2. The molecule has 2 aliphatic carbocycles. The van der Waals surface area contributed by atoms with Crippen LogP contribution in [0.2, 0.25) is 0 Å². The number of hydrogen-bond acceptors (Lipinski definition) is 2. The van der Waals surface area contributed by atoms with Gasteiger partial charge in [-0.3, -0.25) is 0 Å². The first kappa shape index (κ1) is 8.25. The fraction of sp³-hybridized carbons (Fsp3) is 1.00. The van der Waals surface area contributed by atoms with E-state index < -0.39 is 0 Å². The molecule has 2 atom stereocenters. The second-order valence-corrected chi connectivity index (χ2v) is 5.16. The topological polar surface area (TPSA) is 24.1 Å². The van der Waals surface area contributed by atoms with Crippen LogP contribution in [0, 0.1) is 0 Å². The molecule has 0 bridgehead atoms. The lowest BCUT2D eigenvalue weighted by atomic mass is 9.72. The molecule has 2 N–H and O–H groups in total. The van der Waals surface area contributed by atoms with Crippen molar-refractivity contribution in [1.29, 1.82) is 0 Å². The van der Waals surface area contributed by atoms with Gasteiger partial charge in [0, 0.05) is 24.2 Å². The zero-order valence-corrected chi connectivity index (χ0v) is 8.31. The Balaban J connectivity index is 1.69. The maximum Gasteiger partial charge on any atom is 0.0309 e. The highest BCUT2D eigenvalue weighted by Crippen LogP contribution is 2.36. The maximum atomic E-state index is 3.91. The highest BCUT2D eigenvalue weighted by Gasteiger charge is 2.44. The molecule has 2 nitrogen and oxygen atoms in total. The van der Waals surface area contributed by atoms with Gasteiger partial charge in [-0.2, -0.15) is 0 Å². The molecular formula is C11H20N2. The van der Waals surface area contributed by atoms with Crippen molar-refractivity contribution >= 4 is 0 Å². The SMILES string of the molecule is C1CC[C@H]2NC3(CCC3)CN[C@H]2C1. The summed E-state index contributed by atoms with van der Waals surface area (Å²) < 4.78 is 0. The van der Waals surface area contributed by atoms with E-state index in [9.17, 15) is 0 Å². The molecule has 1 spiro atoms. The molecule has 0 amide bonds. The Hall–Kier alpha value is -0.0800. The molecule has 1 heterocycles. The second kappa shape index (κ2) is 2.96. The van der Waals surface area contributed by atoms with Crippen molar-refractivity contribution in [2.45, 2.75) is 62.6 Å². The summed E-state index contributed by atoms with van der Waals surface area (Å²) in [4.78, 5) is 0. The lowest BCUT2D eigenvalue weighted by Crippen LogP contribution is -2.70. The van der Waals surface area contributed by atoms with E-state index in [0.29, 0.717) is 5.54 Å². The Bertz CT molecular complexity index is 198. The van der Waals surface area contributed by atoms with Crippen molar-refractivity contribution in [2.75, 3.05) is 6.54 Å². The van der Waals surface area contributed by atoms with Crippen LogP contribution in [0.1, 0.15) is 44.9 Å². The van der Waals surface area contributed by atoms with Crippen molar-refractivity contribution in [3.63, 3.8) is 0 Å². The van der Waals surface area contributed by atoms with Crippen LogP contribution in [0.5, 0.6) is 0 Å². The Labute approximate surface area is 80.5 Å². The normalized spacial score (nSPS) is 42.5. The molecule has 0 aromatic carbocycles. The molecule has 0 radical (unpaired) electrons. The first-order valence-corrected chi connectivity index (χ1v) is 5.89. The van der Waals surface area contributed by atoms with E-state index in [4.69, 9.17) is 0 Å². The highest BCUT2D eigenvalue weighted by molar-refractivity contribution is 5.06. The van der Waals surface area contributed by atoms with E-state index >= 15 is 0 Å². The third-order valence-electron chi connectivity index (χ3n) is 4.27. The first-order chi connectivity index (χ1) is 6.38. The standard InChI is InChI=1S/C11H20N2/c1-2-5-10-9(4-1)12-8-11(13-10)6-3-7-11/h9-10,12-13H,1-8H2/t9-,10+/m0/s1. The number of piperazine rings is 1. The summed E-state index contributed by atoms with van der Waals surface area (Å²) in [6.07, 6.45) is 9.92. The van der Waals surface area contributed by atoms with Gasteiger partial charge in [0.15, 0.2) is 0 Å². The summed E-state index contributed by atoms with van der Waals surface area (Å²) in [6.45, 7) is 1.23. The predicted octanol–water partition coefficient (Wildman–Crippen LogP) is 1.41. The molecule has 0 unspecified atom stereocenters. The van der Waals surface area contributed by atoms with Gasteiger partial charge in [-0.1, -0.05) is 12.8 Å². The summed E-state index contributed by atoms with van der Waals surface area (Å²) in [7, 11) is 0. The monoisotopic (exact) mass is 180 g/mol. The number of fused-ring (bicyclic) bond motifs is 1. The van der Waals surface area contributed by atoms with Gasteiger partial charge in [-0.05, 0) is 32.1 Å². The zero-order valence-electron chi connectivity index (χ0n) is 8.31. The summed E-state index contributed by atoms with van der Waals surface area (Å²) in [5, 5.41) is 7.66. The second-order valence-electron chi connectivity index (χ2n) is 5.16. The molecule has 1 saturated heterocycles. The molecule has 13 heavy (non-hydrogen) atoms. The molecule has 74 valence electrons. The summed E-state index contributed by atoms with van der Waals surface area (Å²) in [6, 6.07) is 1.59. The van der Waals surface area contributed by atoms with Crippen LogP contribution in [0.25, 0.3) is 0 Å². The lowest BCUT2D eigenvalue weighted by molar-refractivity contribution is 0.0839. The zero-order chi connectivity index (χ0) is 8.73. The van der Waals surface area contributed by atoms with Crippen LogP contribution in [-0.2, 0) is 0 Å². The van der Waals surface area contributed by atoms with Crippen molar-refractivity contribution in [3.8, 4) is 0 Å². The van der Waals surface area contributed by atoms with E-state index in [2.05, 4.69) is 10.6 Å². The molecule has 0 aromatic rings. The van der Waals surface area contributed by atoms with E-state index in [1.54, 1.807) is 0 Å². The van der Waals surface area contributed by atoms with Gasteiger partial charge in [0.25, 0.3) is 0 Å². The van der Waals surface area contributed by atoms with Crippen LogP contribution in [0.4, 0.5) is 0 Å². The Morgan fingerprint density at radius 3 is 2.38 bits per heavy atom. The summed E-state index contributed by atoms with van der Waals surface area (Å²) in [5.41, 5.74) is 0.526. The smallest absolute Gasteiger partial charge is 0.0309 e. The molecular weight excluding hydrogens is 160 g/mol. The van der Waals surface area contributed by atoms with Crippen LogP contribution >= 0.6 is 0 Å². The van der Waals surface area contributed by atoms with E-state index in [1.807, 2.05) is 0 Å². The Kier molecular flexibility index (Phi) is 1.88. The van der Waals surface area contributed by atoms with E-state index in [0.717, 1.165) is 12.1 Å². The van der Waals surface area contributed by atoms with Gasteiger partial charge in [-0.15, -0.1) is 0 Å². The van der Waals surface area contributed by atoms with Crippen LogP contribution < -0.4 is 10.6 Å². The quantitative estimate of drug-likeness (QED) is 0.589. The fourth-order valence-electron chi connectivity index (χ4n) is 3.24. The van der Waals surface area contributed by atoms with Crippen LogP contribution in [0.15, 0.2) is 0 Å². The van der Waals surface area contributed by atoms with Crippen molar-refractivity contribution in [1.82, 2.24) is 10.6 Å². The minimum absolute atomic E-state index is 0.526. The minimum Gasteiger partial charge on any atom is -0.311 e. The predicted molar refractivity (Wildman–Crippen MR) is 53.8 cm³/mol. The Morgan fingerprint density at radius 1 is 0.923 bits per heavy atom. The number of nitrogens with one attached hydrogen (secondary N) is 2. The number of rotatable bonds is 0. The first-order valence-electron chi connectivity index (χ1n) is 5.89. The molecule has 3 aliphatic rings. The van der Waals surface area contributed by atoms with Gasteiger partial charge in [0.2, 0.25) is 0 Å². The van der Waals surface area contributed by atoms with Gasteiger partial charge in [0.1, 0.15) is 0 Å². The lowest BCUT2D eigenvalue weighted by Gasteiger charge is -2.53. The molecule has 3 rings (SSSR count). The van der Waals surface area contributed by atoms with Crippen molar-refractivity contribution in [3.05, 3.63) is 0 Å². The molecule has 1 aliphatic heterocycles. The van der Waals surface area contributed by atoms with E-state index in [-0.39, 0.29) is 0 Å². The fourth-order valence-corrected chi connectivity index (χ4v) is 3.24. The largest absolute Gasteiger partial charge is 0.311 e. The third-order valence-corrected chi connectivity index (χ3v) is 4.27. The van der Waals surface area contributed by atoms with Gasteiger partial charge < -0.3 is 10.6 Å². The van der Waals surface area contributed by atoms with Crippen LogP contribution in [-0.4, -0.2) is 24.2 Å². The molecule has 2 saturated carbocycles. The number of hydrogen-bond donors (Lipinski definition) is 2. The Morgan fingerprint density at radius 2 is 1.69 bits per heavy atom. The minimum atomic E-state index is 0.526. The van der Waals surface area contributed by atoms with E-state index in [1.165, 1.54) is 51.5 Å². The van der Waals surface area contributed by atoms with Gasteiger partial charge in [-0.25, -0.2) is 0 Å². The molecule has 0 aromatic heterocycles. The van der Waals surface area contributed by atoms with Crippen LogP contribution in [0.3, 0.4) is 0 Å². The summed E-state index contributed by atoms with van der Waals surface area (Å²) in [5.74, 6) is 0. The van der Waals surface area contributed by atoms with Gasteiger partial charge in [0.05, 0.1) is 0 Å². The summed E-state index contributed by atoms with van der Waals surface area (Å²) >= 11 is 0. The van der Waals surface area contributed by atoms with Crippen molar-refractivity contribution < 1.29 is 0 Å². The average Bonchev–Trinajstić information content (AvgIpc) is 2.15. The molecule has 2 heteroatoms.